The molecule has 0 saturated carbocycles. The van der Waals surface area contributed by atoms with Crippen molar-refractivity contribution in [1.82, 2.24) is 4.98 Å². The number of nitrogens with one attached hydrogen (secondary N) is 1. The highest BCUT2D eigenvalue weighted by molar-refractivity contribution is 5.95. The zero-order valence-corrected chi connectivity index (χ0v) is 20.1. The topological polar surface area (TPSA) is 15.8 Å². The van der Waals surface area contributed by atoms with Gasteiger partial charge in [-0.1, -0.05) is 111 Å². The monoisotopic (exact) mass is 449 g/mol. The predicted molar refractivity (Wildman–Crippen MR) is 149 cm³/mol. The Bertz CT molecular complexity index is 1780. The van der Waals surface area contributed by atoms with Crippen molar-refractivity contribution < 1.29 is 0 Å². The lowest BCUT2D eigenvalue weighted by atomic mass is 9.81. The van der Waals surface area contributed by atoms with Crippen LogP contribution in [0.4, 0.5) is 0 Å². The summed E-state index contributed by atoms with van der Waals surface area (Å²) in [5.74, 6) is 0. The lowest BCUT2D eigenvalue weighted by Gasteiger charge is -2.22. The summed E-state index contributed by atoms with van der Waals surface area (Å²) in [5, 5.41) is 3.80. The normalized spacial score (nSPS) is 15.0. The third kappa shape index (κ3) is 3.01. The molecule has 168 valence electrons. The molecular weight excluding hydrogens is 422 g/mol. The van der Waals surface area contributed by atoms with E-state index >= 15 is 0 Å². The van der Waals surface area contributed by atoms with E-state index in [9.17, 15) is 0 Å². The SMILES string of the molecule is CC1(C)c2ccccc2-c2ccc(-c3ccc(-c4cccc5c6c([nH]c45)=CC=CCC=6)cc3)cc21. The Hall–Kier alpha value is -4.10. The number of hydrogen-bond acceptors (Lipinski definition) is 0. The van der Waals surface area contributed by atoms with Crippen LogP contribution >= 0.6 is 0 Å². The van der Waals surface area contributed by atoms with Crippen molar-refractivity contribution in [3.8, 4) is 33.4 Å². The van der Waals surface area contributed by atoms with Gasteiger partial charge in [0.15, 0.2) is 0 Å². The van der Waals surface area contributed by atoms with Crippen LogP contribution in [0.3, 0.4) is 0 Å². The zero-order chi connectivity index (χ0) is 23.6. The van der Waals surface area contributed by atoms with Crippen LogP contribution in [0.1, 0.15) is 31.4 Å². The van der Waals surface area contributed by atoms with Gasteiger partial charge in [0.1, 0.15) is 0 Å². The second-order valence-electron chi connectivity index (χ2n) is 10.2. The van der Waals surface area contributed by atoms with Crippen LogP contribution in [0.5, 0.6) is 0 Å². The van der Waals surface area contributed by atoms with E-state index in [0.29, 0.717) is 0 Å². The Labute approximate surface area is 205 Å². The fraction of sp³-hybridized carbons (Fsp3) is 0.118. The first-order chi connectivity index (χ1) is 17.1. The number of para-hydroxylation sites is 1. The molecule has 0 saturated heterocycles. The third-order valence-corrected chi connectivity index (χ3v) is 7.87. The van der Waals surface area contributed by atoms with Crippen molar-refractivity contribution >= 4 is 23.1 Å². The molecule has 2 aliphatic rings. The van der Waals surface area contributed by atoms with Gasteiger partial charge in [0.05, 0.1) is 5.52 Å². The smallest absolute Gasteiger partial charge is 0.0544 e. The Morgan fingerprint density at radius 2 is 1.43 bits per heavy atom. The Balaban J connectivity index is 1.30. The number of rotatable bonds is 2. The van der Waals surface area contributed by atoms with Crippen molar-refractivity contribution in [2.75, 3.05) is 0 Å². The van der Waals surface area contributed by atoms with Crippen LogP contribution < -0.4 is 10.6 Å². The first-order valence-corrected chi connectivity index (χ1v) is 12.4. The number of allylic oxidation sites excluding steroid dienone is 2. The van der Waals surface area contributed by atoms with E-state index < -0.39 is 0 Å². The summed E-state index contributed by atoms with van der Waals surface area (Å²) in [4.78, 5) is 3.68. The summed E-state index contributed by atoms with van der Waals surface area (Å²) >= 11 is 0. The summed E-state index contributed by atoms with van der Waals surface area (Å²) in [6, 6.07) is 31.5. The van der Waals surface area contributed by atoms with Crippen LogP contribution in [0, 0.1) is 0 Å². The molecule has 0 fully saturated rings. The van der Waals surface area contributed by atoms with Gasteiger partial charge < -0.3 is 4.98 Å². The van der Waals surface area contributed by atoms with Gasteiger partial charge in [-0.3, -0.25) is 0 Å². The van der Waals surface area contributed by atoms with Gasteiger partial charge in [-0.15, -0.1) is 0 Å². The lowest BCUT2D eigenvalue weighted by Crippen LogP contribution is -2.21. The minimum Gasteiger partial charge on any atom is -0.354 e. The highest BCUT2D eigenvalue weighted by atomic mass is 14.7. The van der Waals surface area contributed by atoms with Crippen molar-refractivity contribution in [2.45, 2.75) is 25.7 Å². The fourth-order valence-corrected chi connectivity index (χ4v) is 6.01. The molecule has 0 amide bonds. The number of benzene rings is 4. The lowest BCUT2D eigenvalue weighted by molar-refractivity contribution is 0.660. The maximum atomic E-state index is 3.68. The van der Waals surface area contributed by atoms with E-state index in [1.807, 2.05) is 0 Å². The Kier molecular flexibility index (Phi) is 4.32. The first kappa shape index (κ1) is 20.3. The average molecular weight is 450 g/mol. The molecule has 4 aromatic carbocycles. The Morgan fingerprint density at radius 3 is 2.31 bits per heavy atom. The van der Waals surface area contributed by atoms with Crippen molar-refractivity contribution in [2.24, 2.45) is 0 Å². The molecule has 0 atom stereocenters. The van der Waals surface area contributed by atoms with E-state index in [4.69, 9.17) is 0 Å². The largest absolute Gasteiger partial charge is 0.354 e. The summed E-state index contributed by atoms with van der Waals surface area (Å²) in [5.41, 5.74) is 11.8. The summed E-state index contributed by atoms with van der Waals surface area (Å²) < 4.78 is 0. The summed E-state index contributed by atoms with van der Waals surface area (Å²) in [6.07, 6.45) is 9.80. The van der Waals surface area contributed by atoms with E-state index in [1.165, 1.54) is 66.0 Å². The van der Waals surface area contributed by atoms with E-state index in [-0.39, 0.29) is 5.41 Å². The summed E-state index contributed by atoms with van der Waals surface area (Å²) in [7, 11) is 0. The van der Waals surface area contributed by atoms with Crippen LogP contribution in [0.25, 0.3) is 56.4 Å². The van der Waals surface area contributed by atoms with E-state index in [1.54, 1.807) is 0 Å². The average Bonchev–Trinajstić information content (AvgIpc) is 3.23. The maximum Gasteiger partial charge on any atom is 0.0544 e. The molecule has 0 bridgehead atoms. The van der Waals surface area contributed by atoms with Gasteiger partial charge in [-0.25, -0.2) is 0 Å². The van der Waals surface area contributed by atoms with Gasteiger partial charge in [0.2, 0.25) is 0 Å². The number of fused-ring (bicyclic) bond motifs is 6. The van der Waals surface area contributed by atoms with Gasteiger partial charge in [-0.2, -0.15) is 0 Å². The zero-order valence-electron chi connectivity index (χ0n) is 20.1. The molecule has 1 heterocycles. The van der Waals surface area contributed by atoms with Crippen LogP contribution in [-0.2, 0) is 5.41 Å². The van der Waals surface area contributed by atoms with Crippen molar-refractivity contribution in [3.05, 3.63) is 119 Å². The molecule has 1 heteroatoms. The quantitative estimate of drug-likeness (QED) is 0.290. The van der Waals surface area contributed by atoms with Gasteiger partial charge in [0, 0.05) is 26.9 Å². The third-order valence-electron chi connectivity index (χ3n) is 7.87. The molecule has 1 aromatic heterocycles. The number of aromatic amines is 1. The first-order valence-electron chi connectivity index (χ1n) is 12.4. The highest BCUT2D eigenvalue weighted by Crippen LogP contribution is 2.49. The number of hydrogen-bond donors (Lipinski definition) is 1. The molecule has 0 radical (unpaired) electrons. The minimum absolute atomic E-state index is 0.0202. The molecule has 0 aliphatic heterocycles. The van der Waals surface area contributed by atoms with Gasteiger partial charge in [-0.05, 0) is 57.5 Å². The molecular formula is C34H27N. The molecule has 1 N–H and O–H groups in total. The highest BCUT2D eigenvalue weighted by Gasteiger charge is 2.35. The van der Waals surface area contributed by atoms with Crippen LogP contribution in [-0.4, -0.2) is 4.98 Å². The van der Waals surface area contributed by atoms with Crippen molar-refractivity contribution in [1.29, 1.82) is 0 Å². The number of aromatic nitrogens is 1. The van der Waals surface area contributed by atoms with E-state index in [2.05, 4.69) is 128 Å². The summed E-state index contributed by atoms with van der Waals surface area (Å²) in [6.45, 7) is 4.68. The van der Waals surface area contributed by atoms with E-state index in [0.717, 1.165) is 6.42 Å². The van der Waals surface area contributed by atoms with Gasteiger partial charge >= 0.3 is 0 Å². The molecule has 1 nitrogen and oxygen atoms in total. The van der Waals surface area contributed by atoms with Crippen molar-refractivity contribution in [3.63, 3.8) is 0 Å². The molecule has 0 spiro atoms. The molecule has 5 aromatic rings. The molecule has 35 heavy (non-hydrogen) atoms. The second-order valence-corrected chi connectivity index (χ2v) is 10.2. The van der Waals surface area contributed by atoms with Crippen LogP contribution in [0.2, 0.25) is 0 Å². The maximum absolute atomic E-state index is 3.68. The fourth-order valence-electron chi connectivity index (χ4n) is 6.01. The Morgan fingerprint density at radius 1 is 0.686 bits per heavy atom. The standard InChI is InChI=1S/C34H27N/c1-34(2)30-13-7-6-9-26(30)27-20-19-24(21-31(27)34)22-15-17-23(18-16-22)25-11-8-12-29-28-10-4-3-5-14-32(28)35-33(25)29/h3,5-21,35H,4H2,1-2H3. The molecule has 0 unspecified atom stereocenters. The van der Waals surface area contributed by atoms with Gasteiger partial charge in [0.25, 0.3) is 0 Å². The predicted octanol–water partition coefficient (Wildman–Crippen LogP) is 7.33. The van der Waals surface area contributed by atoms with Crippen LogP contribution in [0.15, 0.2) is 97.1 Å². The number of H-pyrrole nitrogens is 1. The molecule has 7 rings (SSSR count). The second kappa shape index (κ2) is 7.45. The molecule has 2 aliphatic carbocycles. The minimum atomic E-state index is 0.0202.